The van der Waals surface area contributed by atoms with E-state index in [0.29, 0.717) is 24.0 Å². The average Bonchev–Trinajstić information content (AvgIpc) is 2.28. The van der Waals surface area contributed by atoms with Crippen molar-refractivity contribution in [1.29, 1.82) is 0 Å². The van der Waals surface area contributed by atoms with Crippen LogP contribution in [0.4, 0.5) is 18.9 Å². The molecule has 0 heterocycles. The van der Waals surface area contributed by atoms with Gasteiger partial charge in [-0.2, -0.15) is 13.2 Å². The highest BCUT2D eigenvalue weighted by Crippen LogP contribution is 2.38. The van der Waals surface area contributed by atoms with Crippen molar-refractivity contribution in [2.45, 2.75) is 19.5 Å². The zero-order chi connectivity index (χ0) is 13.8. The Bertz CT molecular complexity index is 395. The van der Waals surface area contributed by atoms with Crippen LogP contribution in [0.15, 0.2) is 22.7 Å². The molecule has 18 heavy (non-hydrogen) atoms. The number of alkyl halides is 3. The van der Waals surface area contributed by atoms with Gasteiger partial charge < -0.3 is 10.0 Å². The quantitative estimate of drug-likeness (QED) is 0.892. The fourth-order valence-electron chi connectivity index (χ4n) is 1.72. The summed E-state index contributed by atoms with van der Waals surface area (Å²) in [7, 11) is 0. The van der Waals surface area contributed by atoms with Crippen molar-refractivity contribution in [3.05, 3.63) is 28.2 Å². The molecule has 0 spiro atoms. The monoisotopic (exact) mass is 325 g/mol. The lowest BCUT2D eigenvalue weighted by Crippen LogP contribution is -2.27. The average molecular weight is 326 g/mol. The van der Waals surface area contributed by atoms with Gasteiger partial charge in [-0.05, 0) is 31.5 Å². The number of nitrogens with zero attached hydrogens (tertiary/aromatic N) is 1. The van der Waals surface area contributed by atoms with Crippen molar-refractivity contribution in [3.8, 4) is 0 Å². The van der Waals surface area contributed by atoms with Gasteiger partial charge in [-0.1, -0.05) is 15.9 Å². The fraction of sp³-hybridized carbons (Fsp3) is 0.500. The number of halogens is 4. The van der Waals surface area contributed by atoms with E-state index in [9.17, 15) is 13.2 Å². The molecule has 0 aliphatic rings. The molecule has 2 nitrogen and oxygen atoms in total. The molecule has 0 aliphatic heterocycles. The number of anilines is 1. The van der Waals surface area contributed by atoms with E-state index in [2.05, 4.69) is 15.9 Å². The number of aliphatic hydroxyl groups is 1. The van der Waals surface area contributed by atoms with E-state index < -0.39 is 11.7 Å². The van der Waals surface area contributed by atoms with Crippen molar-refractivity contribution in [2.75, 3.05) is 24.6 Å². The molecule has 102 valence electrons. The minimum absolute atomic E-state index is 0.0359. The van der Waals surface area contributed by atoms with Crippen molar-refractivity contribution < 1.29 is 18.3 Å². The SMILES string of the molecule is CCN(CCCO)c1cc(Br)ccc1C(F)(F)F. The van der Waals surface area contributed by atoms with Gasteiger partial charge in [-0.3, -0.25) is 0 Å². The highest BCUT2D eigenvalue weighted by molar-refractivity contribution is 9.10. The molecule has 0 atom stereocenters. The van der Waals surface area contributed by atoms with Crippen molar-refractivity contribution in [3.63, 3.8) is 0 Å². The Morgan fingerprint density at radius 2 is 2.00 bits per heavy atom. The summed E-state index contributed by atoms with van der Waals surface area (Å²) >= 11 is 3.19. The van der Waals surface area contributed by atoms with Gasteiger partial charge in [-0.15, -0.1) is 0 Å². The predicted octanol–water partition coefficient (Wildman–Crippen LogP) is 3.68. The summed E-state index contributed by atoms with van der Waals surface area (Å²) in [5.41, 5.74) is -0.502. The van der Waals surface area contributed by atoms with E-state index in [0.717, 1.165) is 6.07 Å². The minimum atomic E-state index is -4.37. The third-order valence-corrected chi connectivity index (χ3v) is 3.07. The Morgan fingerprint density at radius 1 is 1.33 bits per heavy atom. The van der Waals surface area contributed by atoms with Crippen LogP contribution in [0.1, 0.15) is 18.9 Å². The highest BCUT2D eigenvalue weighted by Gasteiger charge is 2.34. The molecule has 1 N–H and O–H groups in total. The third-order valence-electron chi connectivity index (χ3n) is 2.57. The molecule has 0 bridgehead atoms. The van der Waals surface area contributed by atoms with Crippen LogP contribution in [0, 0.1) is 0 Å². The summed E-state index contributed by atoms with van der Waals surface area (Å²) in [6, 6.07) is 3.91. The molecule has 0 unspecified atom stereocenters. The molecule has 1 aromatic rings. The van der Waals surface area contributed by atoms with Gasteiger partial charge in [0.15, 0.2) is 0 Å². The summed E-state index contributed by atoms with van der Waals surface area (Å²) in [5.74, 6) is 0. The van der Waals surface area contributed by atoms with E-state index in [1.165, 1.54) is 12.1 Å². The first-order chi connectivity index (χ1) is 8.40. The van der Waals surface area contributed by atoms with Crippen LogP contribution in [0.25, 0.3) is 0 Å². The van der Waals surface area contributed by atoms with Gasteiger partial charge in [0.25, 0.3) is 0 Å². The highest BCUT2D eigenvalue weighted by atomic mass is 79.9. The minimum Gasteiger partial charge on any atom is -0.396 e. The first-order valence-electron chi connectivity index (χ1n) is 5.62. The number of hydrogen-bond acceptors (Lipinski definition) is 2. The molecule has 0 fully saturated rings. The second kappa shape index (κ2) is 6.43. The van der Waals surface area contributed by atoms with Crippen molar-refractivity contribution >= 4 is 21.6 Å². The summed E-state index contributed by atoms with van der Waals surface area (Å²) in [5, 5.41) is 8.78. The zero-order valence-electron chi connectivity index (χ0n) is 9.97. The maximum atomic E-state index is 12.9. The zero-order valence-corrected chi connectivity index (χ0v) is 11.6. The number of benzene rings is 1. The molecular weight excluding hydrogens is 311 g/mol. The molecule has 0 aromatic heterocycles. The van der Waals surface area contributed by atoms with Crippen LogP contribution in [0.2, 0.25) is 0 Å². The Labute approximate surface area is 113 Å². The standard InChI is InChI=1S/C12H15BrF3NO/c1-2-17(6-3-7-18)11-8-9(13)4-5-10(11)12(14,15)16/h4-5,8,18H,2-3,6-7H2,1H3. The Balaban J connectivity index is 3.14. The summed E-state index contributed by atoms with van der Waals surface area (Å²) in [6.07, 6.45) is -3.93. The molecular formula is C12H15BrF3NO. The lowest BCUT2D eigenvalue weighted by atomic mass is 10.1. The molecule has 0 saturated carbocycles. The number of rotatable bonds is 5. The van der Waals surface area contributed by atoms with Gasteiger partial charge in [0.2, 0.25) is 0 Å². The van der Waals surface area contributed by atoms with E-state index in [4.69, 9.17) is 5.11 Å². The molecule has 1 aromatic carbocycles. The Morgan fingerprint density at radius 3 is 2.50 bits per heavy atom. The van der Waals surface area contributed by atoms with Crippen LogP contribution < -0.4 is 4.90 Å². The van der Waals surface area contributed by atoms with Crippen LogP contribution in [0.3, 0.4) is 0 Å². The van der Waals surface area contributed by atoms with Gasteiger partial charge in [0, 0.05) is 24.2 Å². The second-order valence-electron chi connectivity index (χ2n) is 3.82. The maximum absolute atomic E-state index is 12.9. The van der Waals surface area contributed by atoms with Gasteiger partial charge >= 0.3 is 6.18 Å². The topological polar surface area (TPSA) is 23.5 Å². The van der Waals surface area contributed by atoms with Crippen LogP contribution in [-0.4, -0.2) is 24.8 Å². The van der Waals surface area contributed by atoms with E-state index >= 15 is 0 Å². The van der Waals surface area contributed by atoms with Gasteiger partial charge in [0.05, 0.1) is 11.3 Å². The Kier molecular flexibility index (Phi) is 5.47. The molecule has 0 radical (unpaired) electrons. The lowest BCUT2D eigenvalue weighted by Gasteiger charge is -2.26. The van der Waals surface area contributed by atoms with Crippen molar-refractivity contribution in [2.24, 2.45) is 0 Å². The molecule has 6 heteroatoms. The molecule has 1 rings (SSSR count). The number of aliphatic hydroxyl groups excluding tert-OH is 1. The van der Waals surface area contributed by atoms with Crippen LogP contribution >= 0.6 is 15.9 Å². The van der Waals surface area contributed by atoms with Crippen LogP contribution in [-0.2, 0) is 6.18 Å². The normalized spacial score (nSPS) is 11.7. The summed E-state index contributed by atoms with van der Waals surface area (Å²) in [6.45, 7) is 2.61. The fourth-order valence-corrected chi connectivity index (χ4v) is 2.07. The second-order valence-corrected chi connectivity index (χ2v) is 4.73. The van der Waals surface area contributed by atoms with E-state index in [1.54, 1.807) is 11.8 Å². The maximum Gasteiger partial charge on any atom is 0.418 e. The van der Waals surface area contributed by atoms with Gasteiger partial charge in [0.1, 0.15) is 0 Å². The molecule has 0 saturated heterocycles. The third kappa shape index (κ3) is 3.88. The smallest absolute Gasteiger partial charge is 0.396 e. The molecule has 0 amide bonds. The van der Waals surface area contributed by atoms with E-state index in [-0.39, 0.29) is 12.3 Å². The van der Waals surface area contributed by atoms with E-state index in [1.807, 2.05) is 0 Å². The predicted molar refractivity (Wildman–Crippen MR) is 68.7 cm³/mol. The first kappa shape index (κ1) is 15.3. The first-order valence-corrected chi connectivity index (χ1v) is 6.42. The van der Waals surface area contributed by atoms with Gasteiger partial charge in [-0.25, -0.2) is 0 Å². The van der Waals surface area contributed by atoms with Crippen LogP contribution in [0.5, 0.6) is 0 Å². The molecule has 0 aliphatic carbocycles. The summed E-state index contributed by atoms with van der Waals surface area (Å²) in [4.78, 5) is 1.61. The number of hydrogen-bond donors (Lipinski definition) is 1. The largest absolute Gasteiger partial charge is 0.418 e. The summed E-state index contributed by atoms with van der Waals surface area (Å²) < 4.78 is 39.3. The van der Waals surface area contributed by atoms with Crippen molar-refractivity contribution in [1.82, 2.24) is 0 Å². The Hall–Kier alpha value is -0.750. The lowest BCUT2D eigenvalue weighted by molar-refractivity contribution is -0.137.